The first kappa shape index (κ1) is 13.3. The van der Waals surface area contributed by atoms with Crippen LogP contribution in [0.3, 0.4) is 0 Å². The van der Waals surface area contributed by atoms with E-state index < -0.39 is 0 Å². The van der Waals surface area contributed by atoms with E-state index in [0.717, 1.165) is 22.0 Å². The van der Waals surface area contributed by atoms with Crippen LogP contribution in [0.1, 0.15) is 21.5 Å². The quantitative estimate of drug-likeness (QED) is 0.681. The molecule has 0 fully saturated rings. The van der Waals surface area contributed by atoms with Crippen LogP contribution in [-0.4, -0.2) is 11.0 Å². The molecule has 0 spiro atoms. The fourth-order valence-electron chi connectivity index (χ4n) is 2.32. The summed E-state index contributed by atoms with van der Waals surface area (Å²) < 4.78 is 5.44. The molecule has 2 aromatic carbocycles. The van der Waals surface area contributed by atoms with Crippen molar-refractivity contribution < 1.29 is 9.53 Å². The predicted molar refractivity (Wildman–Crippen MR) is 82.0 cm³/mol. The second-order valence-corrected chi connectivity index (χ2v) is 4.88. The Kier molecular flexibility index (Phi) is 3.65. The van der Waals surface area contributed by atoms with Gasteiger partial charge in [0.1, 0.15) is 6.61 Å². The van der Waals surface area contributed by atoms with Crippen LogP contribution in [0.5, 0.6) is 0 Å². The molecule has 3 aromatic rings. The van der Waals surface area contributed by atoms with Crippen LogP contribution in [0.2, 0.25) is 0 Å². The zero-order valence-electron chi connectivity index (χ0n) is 11.7. The zero-order valence-corrected chi connectivity index (χ0v) is 11.7. The van der Waals surface area contributed by atoms with E-state index in [4.69, 9.17) is 4.74 Å². The number of ether oxygens (including phenoxy) is 1. The maximum absolute atomic E-state index is 12.1. The van der Waals surface area contributed by atoms with Crippen LogP contribution >= 0.6 is 0 Å². The number of carbonyl (C=O) groups is 1. The summed E-state index contributed by atoms with van der Waals surface area (Å²) in [5.74, 6) is -0.297. The van der Waals surface area contributed by atoms with Crippen molar-refractivity contribution in [1.29, 1.82) is 0 Å². The summed E-state index contributed by atoms with van der Waals surface area (Å²) in [5.41, 5.74) is 3.39. The molecule has 3 heteroatoms. The van der Waals surface area contributed by atoms with Gasteiger partial charge in [0.05, 0.1) is 11.1 Å². The third kappa shape index (κ3) is 2.77. The molecule has 3 nitrogen and oxygen atoms in total. The highest BCUT2D eigenvalue weighted by Gasteiger charge is 2.10. The second-order valence-electron chi connectivity index (χ2n) is 4.88. The fraction of sp³-hybridized carbons (Fsp3) is 0.111. The standard InChI is InChI=1S/C18H15NO2/c1-13-6-2-3-8-15(13)18(20)21-12-14-7-4-10-17-16(14)9-5-11-19-17/h2-11H,12H2,1H3. The van der Waals surface area contributed by atoms with Gasteiger partial charge in [0.2, 0.25) is 0 Å². The van der Waals surface area contributed by atoms with Crippen LogP contribution in [0.4, 0.5) is 0 Å². The average Bonchev–Trinajstić information content (AvgIpc) is 2.53. The van der Waals surface area contributed by atoms with Crippen molar-refractivity contribution in [2.75, 3.05) is 0 Å². The molecule has 0 saturated carbocycles. The highest BCUT2D eigenvalue weighted by molar-refractivity contribution is 5.91. The second kappa shape index (κ2) is 5.75. The summed E-state index contributed by atoms with van der Waals surface area (Å²) >= 11 is 0. The molecule has 0 unspecified atom stereocenters. The van der Waals surface area contributed by atoms with Gasteiger partial charge in [0.15, 0.2) is 0 Å². The van der Waals surface area contributed by atoms with E-state index in [1.807, 2.05) is 55.5 Å². The Morgan fingerprint density at radius 3 is 2.76 bits per heavy atom. The zero-order chi connectivity index (χ0) is 14.7. The number of carbonyl (C=O) groups excluding carboxylic acids is 1. The van der Waals surface area contributed by atoms with Crippen LogP contribution < -0.4 is 0 Å². The molecular weight excluding hydrogens is 262 g/mol. The molecule has 1 aromatic heterocycles. The molecule has 0 aliphatic heterocycles. The fourth-order valence-corrected chi connectivity index (χ4v) is 2.32. The summed E-state index contributed by atoms with van der Waals surface area (Å²) in [6.07, 6.45) is 1.76. The molecule has 0 bridgehead atoms. The number of benzene rings is 2. The number of hydrogen-bond acceptors (Lipinski definition) is 3. The van der Waals surface area contributed by atoms with Crippen molar-refractivity contribution in [2.24, 2.45) is 0 Å². The molecular formula is C18H15NO2. The van der Waals surface area contributed by atoms with Crippen LogP contribution in [-0.2, 0) is 11.3 Å². The van der Waals surface area contributed by atoms with Crippen LogP contribution in [0.25, 0.3) is 10.9 Å². The Bertz CT molecular complexity index is 791. The van der Waals surface area contributed by atoms with Crippen molar-refractivity contribution in [3.63, 3.8) is 0 Å². The number of esters is 1. The first-order valence-electron chi connectivity index (χ1n) is 6.81. The van der Waals surface area contributed by atoms with E-state index in [0.29, 0.717) is 5.56 Å². The number of rotatable bonds is 3. The highest BCUT2D eigenvalue weighted by Crippen LogP contribution is 2.18. The number of fused-ring (bicyclic) bond motifs is 1. The van der Waals surface area contributed by atoms with Gasteiger partial charge in [-0.1, -0.05) is 36.4 Å². The lowest BCUT2D eigenvalue weighted by molar-refractivity contribution is 0.0473. The van der Waals surface area contributed by atoms with Crippen molar-refractivity contribution in [1.82, 2.24) is 4.98 Å². The van der Waals surface area contributed by atoms with Gasteiger partial charge < -0.3 is 4.74 Å². The Morgan fingerprint density at radius 1 is 1.05 bits per heavy atom. The number of pyridine rings is 1. The lowest BCUT2D eigenvalue weighted by atomic mass is 10.1. The monoisotopic (exact) mass is 277 g/mol. The highest BCUT2D eigenvalue weighted by atomic mass is 16.5. The SMILES string of the molecule is Cc1ccccc1C(=O)OCc1cccc2ncccc12. The van der Waals surface area contributed by atoms with Gasteiger partial charge in [-0.05, 0) is 36.2 Å². The molecule has 0 radical (unpaired) electrons. The minimum absolute atomic E-state index is 0.246. The van der Waals surface area contributed by atoms with E-state index in [1.54, 1.807) is 12.3 Å². The first-order valence-corrected chi connectivity index (χ1v) is 6.81. The van der Waals surface area contributed by atoms with Gasteiger partial charge in [-0.15, -0.1) is 0 Å². The lowest BCUT2D eigenvalue weighted by Crippen LogP contribution is -2.07. The molecule has 0 atom stereocenters. The van der Waals surface area contributed by atoms with E-state index in [1.165, 1.54) is 0 Å². The van der Waals surface area contributed by atoms with Crippen molar-refractivity contribution >= 4 is 16.9 Å². The van der Waals surface area contributed by atoms with Crippen LogP contribution in [0.15, 0.2) is 60.8 Å². The van der Waals surface area contributed by atoms with Crippen molar-refractivity contribution in [2.45, 2.75) is 13.5 Å². The molecule has 0 saturated heterocycles. The first-order chi connectivity index (χ1) is 10.3. The Hall–Kier alpha value is -2.68. The molecule has 21 heavy (non-hydrogen) atoms. The number of hydrogen-bond donors (Lipinski definition) is 0. The van der Waals surface area contributed by atoms with E-state index in [-0.39, 0.29) is 12.6 Å². The molecule has 3 rings (SSSR count). The summed E-state index contributed by atoms with van der Waals surface area (Å²) in [5, 5.41) is 1.01. The topological polar surface area (TPSA) is 39.2 Å². The van der Waals surface area contributed by atoms with Gasteiger partial charge in [-0.2, -0.15) is 0 Å². The third-order valence-electron chi connectivity index (χ3n) is 3.46. The normalized spacial score (nSPS) is 10.5. The summed E-state index contributed by atoms with van der Waals surface area (Å²) in [7, 11) is 0. The Labute approximate surface area is 123 Å². The van der Waals surface area contributed by atoms with E-state index in [9.17, 15) is 4.79 Å². The van der Waals surface area contributed by atoms with Gasteiger partial charge in [-0.3, -0.25) is 4.98 Å². The molecule has 0 aliphatic rings. The van der Waals surface area contributed by atoms with Gasteiger partial charge >= 0.3 is 5.97 Å². The lowest BCUT2D eigenvalue weighted by Gasteiger charge is -2.09. The molecule has 0 N–H and O–H groups in total. The maximum Gasteiger partial charge on any atom is 0.338 e. The molecule has 104 valence electrons. The van der Waals surface area contributed by atoms with E-state index >= 15 is 0 Å². The molecule has 0 aliphatic carbocycles. The van der Waals surface area contributed by atoms with E-state index in [2.05, 4.69) is 4.98 Å². The summed E-state index contributed by atoms with van der Waals surface area (Å²) in [6, 6.07) is 17.1. The summed E-state index contributed by atoms with van der Waals surface area (Å²) in [4.78, 5) is 16.4. The minimum Gasteiger partial charge on any atom is -0.457 e. The van der Waals surface area contributed by atoms with Crippen molar-refractivity contribution in [3.8, 4) is 0 Å². The van der Waals surface area contributed by atoms with Crippen LogP contribution in [0, 0.1) is 6.92 Å². The van der Waals surface area contributed by atoms with Crippen molar-refractivity contribution in [3.05, 3.63) is 77.5 Å². The number of nitrogens with zero attached hydrogens (tertiary/aromatic N) is 1. The smallest absolute Gasteiger partial charge is 0.338 e. The maximum atomic E-state index is 12.1. The number of aryl methyl sites for hydroxylation is 1. The van der Waals surface area contributed by atoms with Gasteiger partial charge in [0.25, 0.3) is 0 Å². The van der Waals surface area contributed by atoms with Gasteiger partial charge in [0, 0.05) is 11.6 Å². The molecule has 1 heterocycles. The molecule has 0 amide bonds. The minimum atomic E-state index is -0.297. The predicted octanol–water partition coefficient (Wildman–Crippen LogP) is 3.90. The number of aromatic nitrogens is 1. The largest absolute Gasteiger partial charge is 0.457 e. The third-order valence-corrected chi connectivity index (χ3v) is 3.46. The summed E-state index contributed by atoms with van der Waals surface area (Å²) in [6.45, 7) is 2.15. The Morgan fingerprint density at radius 2 is 1.90 bits per heavy atom. The van der Waals surface area contributed by atoms with Gasteiger partial charge in [-0.25, -0.2) is 4.79 Å². The average molecular weight is 277 g/mol. The Balaban J connectivity index is 1.81.